The van der Waals surface area contributed by atoms with Gasteiger partial charge in [-0.2, -0.15) is 5.26 Å². The van der Waals surface area contributed by atoms with E-state index in [0.717, 1.165) is 52.9 Å². The fourth-order valence-electron chi connectivity index (χ4n) is 3.98. The van der Waals surface area contributed by atoms with Gasteiger partial charge in [-0.3, -0.25) is 0 Å². The van der Waals surface area contributed by atoms with Crippen LogP contribution in [-0.4, -0.2) is 15.3 Å². The summed E-state index contributed by atoms with van der Waals surface area (Å²) in [6.07, 6.45) is 6.99. The van der Waals surface area contributed by atoms with Crippen LogP contribution in [0.15, 0.2) is 26.1 Å². The molecule has 0 aliphatic heterocycles. The van der Waals surface area contributed by atoms with Crippen LogP contribution in [-0.2, 0) is 34.8 Å². The second-order valence-electron chi connectivity index (χ2n) is 7.97. The van der Waals surface area contributed by atoms with E-state index in [1.807, 2.05) is 12.2 Å². The van der Waals surface area contributed by atoms with Crippen molar-refractivity contribution in [3.05, 3.63) is 50.9 Å². The Kier molecular flexibility index (Phi) is 5.06. The number of carbonyl (C=O) groups excluding carboxylic acids is 1. The molecule has 0 fully saturated rings. The first kappa shape index (κ1) is 20.8. The molecule has 7 nitrogen and oxygen atoms in total. The van der Waals surface area contributed by atoms with Gasteiger partial charge in [-0.25, -0.2) is 14.1 Å². The molecule has 1 heterocycles. The summed E-state index contributed by atoms with van der Waals surface area (Å²) in [5.41, 5.74) is 4.46. The molecule has 30 heavy (non-hydrogen) atoms. The molecule has 0 saturated carbocycles. The largest absolute Gasteiger partial charge is 0.386 e. The van der Waals surface area contributed by atoms with Crippen molar-refractivity contribution in [2.24, 2.45) is 9.50 Å². The van der Waals surface area contributed by atoms with E-state index in [1.54, 1.807) is 19.2 Å². The molecule has 2 aliphatic carbocycles. The minimum absolute atomic E-state index is 0.227. The number of allylic oxidation sites excluding steroid dienone is 1. The van der Waals surface area contributed by atoms with Crippen molar-refractivity contribution in [3.63, 3.8) is 0 Å². The van der Waals surface area contributed by atoms with Crippen molar-refractivity contribution in [2.45, 2.75) is 49.3 Å². The molecule has 0 spiro atoms. The summed E-state index contributed by atoms with van der Waals surface area (Å²) < 4.78 is 16.9. The quantitative estimate of drug-likeness (QED) is 0.667. The summed E-state index contributed by atoms with van der Waals surface area (Å²) in [5.74, 6) is 0. The third-order valence-corrected chi connectivity index (χ3v) is 8.31. The van der Waals surface area contributed by atoms with Gasteiger partial charge in [0.1, 0.15) is 4.21 Å². The molecule has 1 unspecified atom stereocenters. The molecule has 0 radical (unpaired) electrons. The molecule has 9 heteroatoms. The predicted octanol–water partition coefficient (Wildman–Crippen LogP) is 3.84. The topological polar surface area (TPSA) is 129 Å². The molecular weight excluding hydrogens is 420 g/mol. The minimum atomic E-state index is -3.46. The van der Waals surface area contributed by atoms with Gasteiger partial charge in [0.05, 0.1) is 22.9 Å². The number of thiophene rings is 1. The Morgan fingerprint density at radius 1 is 1.37 bits per heavy atom. The number of hydrogen-bond acceptors (Lipinski definition) is 5. The maximum atomic E-state index is 12.9. The van der Waals surface area contributed by atoms with Crippen molar-refractivity contribution >= 4 is 39.0 Å². The van der Waals surface area contributed by atoms with Gasteiger partial charge in [0, 0.05) is 5.56 Å². The average molecular weight is 443 g/mol. The number of benzene rings is 1. The number of nitrogens with one attached hydrogen (secondary N) is 1. The monoisotopic (exact) mass is 442 g/mol. The number of anilines is 1. The van der Waals surface area contributed by atoms with Gasteiger partial charge in [0.2, 0.25) is 0 Å². The number of nitrogens with two attached hydrogens (primary N) is 1. The van der Waals surface area contributed by atoms with Gasteiger partial charge in [0.15, 0.2) is 9.92 Å². The zero-order valence-corrected chi connectivity index (χ0v) is 18.3. The van der Waals surface area contributed by atoms with Crippen molar-refractivity contribution in [1.29, 1.82) is 5.26 Å². The Morgan fingerprint density at radius 2 is 2.10 bits per heavy atom. The second kappa shape index (κ2) is 7.32. The van der Waals surface area contributed by atoms with Crippen LogP contribution < -0.4 is 10.5 Å². The molecule has 1 aromatic heterocycles. The molecule has 4 N–H and O–H groups in total. The molecule has 4 rings (SSSR count). The Morgan fingerprint density at radius 3 is 2.77 bits per heavy atom. The summed E-state index contributed by atoms with van der Waals surface area (Å²) >= 11 is 1.10. The van der Waals surface area contributed by atoms with Crippen LogP contribution >= 0.6 is 11.3 Å². The van der Waals surface area contributed by atoms with E-state index in [2.05, 4.69) is 15.7 Å². The second-order valence-corrected chi connectivity index (χ2v) is 10.9. The summed E-state index contributed by atoms with van der Waals surface area (Å²) in [6.45, 7) is 3.22. The SMILES string of the molecule is CC(C)(O)c1csc(S(N)(=O)=NC(=O)Nc2c3c(c(C#N)c4c2CCC4)CC=C3)c1. The standard InChI is InChI=1S/C21H22N4O3S2/c1-21(2,27)12-9-18(29-11-12)30(23,28)25-20(26)24-19-15-7-3-5-13(15)17(10-22)14-6-4-8-16(14)19/h3,7,9,11,27H,4-6,8H2,1-2H3,(H3,23,24,25,26,28). The molecule has 2 aliphatic rings. The van der Waals surface area contributed by atoms with Crippen molar-refractivity contribution < 1.29 is 14.1 Å². The van der Waals surface area contributed by atoms with Crippen LogP contribution in [0.1, 0.15) is 53.6 Å². The van der Waals surface area contributed by atoms with Crippen molar-refractivity contribution in [3.8, 4) is 6.07 Å². The van der Waals surface area contributed by atoms with Crippen LogP contribution in [0, 0.1) is 11.3 Å². The third-order valence-electron chi connectivity index (χ3n) is 5.46. The van der Waals surface area contributed by atoms with E-state index in [4.69, 9.17) is 5.14 Å². The van der Waals surface area contributed by atoms with Crippen LogP contribution in [0.2, 0.25) is 0 Å². The van der Waals surface area contributed by atoms with Gasteiger partial charge in [-0.15, -0.1) is 15.7 Å². The Balaban J connectivity index is 1.70. The van der Waals surface area contributed by atoms with E-state index >= 15 is 0 Å². The lowest BCUT2D eigenvalue weighted by Gasteiger charge is -2.16. The zero-order chi connectivity index (χ0) is 21.7. The minimum Gasteiger partial charge on any atom is -0.386 e. The highest BCUT2D eigenvalue weighted by Crippen LogP contribution is 2.41. The van der Waals surface area contributed by atoms with E-state index in [0.29, 0.717) is 23.2 Å². The van der Waals surface area contributed by atoms with Crippen LogP contribution in [0.5, 0.6) is 0 Å². The lowest BCUT2D eigenvalue weighted by Crippen LogP contribution is -2.18. The smallest absolute Gasteiger partial charge is 0.354 e. The number of carbonyl (C=O) groups is 1. The number of urea groups is 1. The van der Waals surface area contributed by atoms with Gasteiger partial charge in [0.25, 0.3) is 0 Å². The number of nitriles is 1. The summed E-state index contributed by atoms with van der Waals surface area (Å²) in [4.78, 5) is 12.7. The predicted molar refractivity (Wildman–Crippen MR) is 118 cm³/mol. The van der Waals surface area contributed by atoms with Crippen LogP contribution in [0.4, 0.5) is 10.5 Å². The molecule has 1 aromatic carbocycles. The molecule has 2 amide bonds. The highest BCUT2D eigenvalue weighted by atomic mass is 32.2. The van der Waals surface area contributed by atoms with Crippen LogP contribution in [0.25, 0.3) is 6.08 Å². The Hall–Kier alpha value is -2.51. The maximum Gasteiger partial charge on any atom is 0.354 e. The lowest BCUT2D eigenvalue weighted by atomic mass is 9.92. The fraction of sp³-hybridized carbons (Fsp3) is 0.333. The molecule has 156 valence electrons. The highest BCUT2D eigenvalue weighted by molar-refractivity contribution is 7.93. The normalized spacial score (nSPS) is 16.5. The Bertz CT molecular complexity index is 1250. The van der Waals surface area contributed by atoms with Crippen LogP contribution in [0.3, 0.4) is 0 Å². The number of hydrogen-bond donors (Lipinski definition) is 3. The van der Waals surface area contributed by atoms with Gasteiger partial charge >= 0.3 is 6.03 Å². The number of amides is 2. The summed E-state index contributed by atoms with van der Waals surface area (Å²) in [5, 5.41) is 30.1. The third kappa shape index (κ3) is 3.56. The van der Waals surface area contributed by atoms with Gasteiger partial charge in [-0.1, -0.05) is 12.2 Å². The highest BCUT2D eigenvalue weighted by Gasteiger charge is 2.28. The maximum absolute atomic E-state index is 12.9. The average Bonchev–Trinajstić information content (AvgIpc) is 3.40. The van der Waals surface area contributed by atoms with E-state index < -0.39 is 21.5 Å². The van der Waals surface area contributed by atoms with Crippen molar-refractivity contribution in [2.75, 3.05) is 5.32 Å². The van der Waals surface area contributed by atoms with Gasteiger partial charge in [-0.05, 0) is 73.2 Å². The fourth-order valence-corrected chi connectivity index (χ4v) is 6.26. The molecule has 2 aromatic rings. The summed E-state index contributed by atoms with van der Waals surface area (Å²) in [7, 11) is -3.46. The number of fused-ring (bicyclic) bond motifs is 2. The molecule has 0 saturated heterocycles. The Labute approximate surface area is 179 Å². The molecular formula is C21H22N4O3S2. The molecule has 1 atom stereocenters. The number of aliphatic hydroxyl groups is 1. The first-order chi connectivity index (χ1) is 14.1. The molecule has 0 bridgehead atoms. The first-order valence-electron chi connectivity index (χ1n) is 9.56. The van der Waals surface area contributed by atoms with E-state index in [1.165, 1.54) is 6.07 Å². The first-order valence-corrected chi connectivity index (χ1v) is 12.0. The zero-order valence-electron chi connectivity index (χ0n) is 16.7. The number of nitrogens with zero attached hydrogens (tertiary/aromatic N) is 2. The number of rotatable bonds is 3. The van der Waals surface area contributed by atoms with Gasteiger partial charge < -0.3 is 10.4 Å². The van der Waals surface area contributed by atoms with Crippen molar-refractivity contribution in [1.82, 2.24) is 0 Å². The van der Waals surface area contributed by atoms with E-state index in [9.17, 15) is 19.4 Å². The van der Waals surface area contributed by atoms with E-state index in [-0.39, 0.29) is 4.21 Å². The summed E-state index contributed by atoms with van der Waals surface area (Å²) in [6, 6.07) is 3.05. The lowest BCUT2D eigenvalue weighted by molar-refractivity contribution is 0.0789.